The van der Waals surface area contributed by atoms with Crippen LogP contribution in [0.3, 0.4) is 0 Å². The number of alkyl halides is 3. The van der Waals surface area contributed by atoms with Gasteiger partial charge in [0.2, 0.25) is 0 Å². The molecule has 1 N–H and O–H groups in total. The quantitative estimate of drug-likeness (QED) is 0.888. The molecule has 1 aliphatic carbocycles. The van der Waals surface area contributed by atoms with Crippen molar-refractivity contribution >= 4 is 17.3 Å². The van der Waals surface area contributed by atoms with Gasteiger partial charge in [0, 0.05) is 29.8 Å². The summed E-state index contributed by atoms with van der Waals surface area (Å²) in [6.45, 7) is 2.43. The molecule has 1 saturated heterocycles. The molecule has 1 saturated carbocycles. The van der Waals surface area contributed by atoms with Crippen LogP contribution < -0.4 is 10.2 Å². The minimum atomic E-state index is -4.36. The van der Waals surface area contributed by atoms with E-state index < -0.39 is 11.7 Å². The summed E-state index contributed by atoms with van der Waals surface area (Å²) < 4.78 is 38.8. The van der Waals surface area contributed by atoms with Crippen LogP contribution in [0, 0.1) is 5.92 Å². The van der Waals surface area contributed by atoms with E-state index in [9.17, 15) is 13.2 Å². The summed E-state index contributed by atoms with van der Waals surface area (Å²) in [6.07, 6.45) is -1.000. The van der Waals surface area contributed by atoms with Crippen molar-refractivity contribution in [3.05, 3.63) is 28.8 Å². The van der Waals surface area contributed by atoms with E-state index in [1.54, 1.807) is 6.07 Å². The lowest BCUT2D eigenvalue weighted by molar-refractivity contribution is -0.137. The molecule has 3 rings (SSSR count). The van der Waals surface area contributed by atoms with Gasteiger partial charge in [-0.25, -0.2) is 0 Å². The second-order valence-corrected chi connectivity index (χ2v) is 6.33. The normalized spacial score (nSPS) is 24.0. The Kier molecular flexibility index (Phi) is 4.06. The van der Waals surface area contributed by atoms with Gasteiger partial charge in [-0.2, -0.15) is 13.2 Å². The third kappa shape index (κ3) is 3.64. The summed E-state index contributed by atoms with van der Waals surface area (Å²) >= 11 is 5.89. The van der Waals surface area contributed by atoms with Crippen LogP contribution in [-0.4, -0.2) is 25.7 Å². The lowest BCUT2D eigenvalue weighted by Gasteiger charge is -2.27. The van der Waals surface area contributed by atoms with Crippen LogP contribution in [0.4, 0.5) is 18.9 Å². The van der Waals surface area contributed by atoms with Crippen LogP contribution in [0.1, 0.15) is 24.8 Å². The van der Waals surface area contributed by atoms with Gasteiger partial charge < -0.3 is 10.2 Å². The van der Waals surface area contributed by atoms with E-state index in [0.29, 0.717) is 17.6 Å². The summed E-state index contributed by atoms with van der Waals surface area (Å²) in [5.74, 6) is 0.673. The molecule has 1 aliphatic heterocycles. The molecule has 116 valence electrons. The first kappa shape index (κ1) is 15.0. The predicted molar refractivity (Wildman–Crippen MR) is 77.8 cm³/mol. The number of benzene rings is 1. The summed E-state index contributed by atoms with van der Waals surface area (Å²) in [4.78, 5) is 2.03. The Hall–Kier alpha value is -0.940. The van der Waals surface area contributed by atoms with Crippen molar-refractivity contribution in [2.45, 2.75) is 31.5 Å². The Balaban J connectivity index is 1.85. The molecule has 0 spiro atoms. The van der Waals surface area contributed by atoms with E-state index in [4.69, 9.17) is 11.6 Å². The fraction of sp³-hybridized carbons (Fsp3) is 0.600. The largest absolute Gasteiger partial charge is 0.416 e. The number of rotatable bonds is 2. The highest BCUT2D eigenvalue weighted by atomic mass is 35.5. The first-order chi connectivity index (χ1) is 9.93. The SMILES string of the molecule is FC(F)(F)c1cc(Cl)cc(N2CCCNC(C3CC3)C2)c1. The topological polar surface area (TPSA) is 15.3 Å². The van der Waals surface area contributed by atoms with Crippen LogP contribution in [-0.2, 0) is 6.18 Å². The lowest BCUT2D eigenvalue weighted by Crippen LogP contribution is -2.39. The first-order valence-electron chi connectivity index (χ1n) is 7.29. The minimum absolute atomic E-state index is 0.139. The zero-order valence-corrected chi connectivity index (χ0v) is 12.3. The van der Waals surface area contributed by atoms with Crippen LogP contribution in [0.25, 0.3) is 0 Å². The van der Waals surface area contributed by atoms with E-state index in [1.165, 1.54) is 18.9 Å². The van der Waals surface area contributed by atoms with E-state index in [1.807, 2.05) is 4.90 Å². The number of hydrogen-bond donors (Lipinski definition) is 1. The van der Waals surface area contributed by atoms with Crippen molar-refractivity contribution in [2.24, 2.45) is 5.92 Å². The highest BCUT2D eigenvalue weighted by Gasteiger charge is 2.34. The molecule has 1 aromatic rings. The van der Waals surface area contributed by atoms with E-state index in [0.717, 1.165) is 32.1 Å². The molecule has 0 aromatic heterocycles. The van der Waals surface area contributed by atoms with Crippen molar-refractivity contribution in [3.63, 3.8) is 0 Å². The van der Waals surface area contributed by atoms with Gasteiger partial charge in [0.15, 0.2) is 0 Å². The van der Waals surface area contributed by atoms with Gasteiger partial charge in [-0.15, -0.1) is 0 Å². The fourth-order valence-electron chi connectivity index (χ4n) is 2.92. The predicted octanol–water partition coefficient (Wildman–Crippen LogP) is 3.94. The van der Waals surface area contributed by atoms with Crippen molar-refractivity contribution in [1.29, 1.82) is 0 Å². The zero-order valence-electron chi connectivity index (χ0n) is 11.6. The van der Waals surface area contributed by atoms with Crippen LogP contribution >= 0.6 is 11.6 Å². The van der Waals surface area contributed by atoms with Gasteiger partial charge in [-0.3, -0.25) is 0 Å². The molecule has 0 amide bonds. The summed E-state index contributed by atoms with van der Waals surface area (Å²) in [6, 6.07) is 4.20. The van der Waals surface area contributed by atoms with E-state index >= 15 is 0 Å². The third-order valence-corrected chi connectivity index (χ3v) is 4.41. The van der Waals surface area contributed by atoms with Gasteiger partial charge >= 0.3 is 6.18 Å². The Morgan fingerprint density at radius 3 is 2.62 bits per heavy atom. The summed E-state index contributed by atoms with van der Waals surface area (Å²) in [5, 5.41) is 3.64. The molecule has 1 unspecified atom stereocenters. The van der Waals surface area contributed by atoms with Gasteiger partial charge in [0.25, 0.3) is 0 Å². The van der Waals surface area contributed by atoms with Crippen LogP contribution in [0.15, 0.2) is 18.2 Å². The molecule has 0 bridgehead atoms. The van der Waals surface area contributed by atoms with Crippen LogP contribution in [0.5, 0.6) is 0 Å². The Bertz CT molecular complexity index is 514. The first-order valence-corrected chi connectivity index (χ1v) is 7.67. The summed E-state index contributed by atoms with van der Waals surface area (Å²) in [5.41, 5.74) is -0.102. The fourth-order valence-corrected chi connectivity index (χ4v) is 3.15. The molecule has 6 heteroatoms. The number of hydrogen-bond acceptors (Lipinski definition) is 2. The number of anilines is 1. The maximum Gasteiger partial charge on any atom is 0.416 e. The van der Waals surface area contributed by atoms with Crippen molar-refractivity contribution in [1.82, 2.24) is 5.32 Å². The molecule has 2 nitrogen and oxygen atoms in total. The van der Waals surface area contributed by atoms with E-state index in [2.05, 4.69) is 5.32 Å². The second-order valence-electron chi connectivity index (χ2n) is 5.89. The average molecular weight is 319 g/mol. The average Bonchev–Trinajstić information content (AvgIpc) is 3.23. The molecule has 0 radical (unpaired) electrons. The number of halogens is 4. The van der Waals surface area contributed by atoms with Crippen LogP contribution in [0.2, 0.25) is 5.02 Å². The highest BCUT2D eigenvalue weighted by molar-refractivity contribution is 6.30. The molecule has 1 aromatic carbocycles. The smallest absolute Gasteiger partial charge is 0.370 e. The molecular weight excluding hydrogens is 301 g/mol. The Morgan fingerprint density at radius 2 is 1.95 bits per heavy atom. The Labute approximate surface area is 127 Å². The van der Waals surface area contributed by atoms with Crippen molar-refractivity contribution < 1.29 is 13.2 Å². The molecule has 2 fully saturated rings. The molecule has 21 heavy (non-hydrogen) atoms. The van der Waals surface area contributed by atoms with E-state index in [-0.39, 0.29) is 5.02 Å². The second kappa shape index (κ2) is 5.69. The van der Waals surface area contributed by atoms with Gasteiger partial charge in [0.1, 0.15) is 0 Å². The minimum Gasteiger partial charge on any atom is -0.370 e. The van der Waals surface area contributed by atoms with Gasteiger partial charge in [-0.1, -0.05) is 11.6 Å². The number of nitrogens with one attached hydrogen (secondary N) is 1. The van der Waals surface area contributed by atoms with Crippen molar-refractivity contribution in [2.75, 3.05) is 24.5 Å². The third-order valence-electron chi connectivity index (χ3n) is 4.19. The number of nitrogens with zero attached hydrogens (tertiary/aromatic N) is 1. The van der Waals surface area contributed by atoms with Gasteiger partial charge in [-0.05, 0) is 49.9 Å². The summed E-state index contributed by atoms with van der Waals surface area (Å²) in [7, 11) is 0. The highest BCUT2D eigenvalue weighted by Crippen LogP contribution is 2.37. The molecule has 2 aliphatic rings. The zero-order chi connectivity index (χ0) is 15.0. The molecular formula is C15H18ClF3N2. The van der Waals surface area contributed by atoms with Gasteiger partial charge in [0.05, 0.1) is 5.56 Å². The molecule has 1 heterocycles. The lowest BCUT2D eigenvalue weighted by atomic mass is 10.1. The van der Waals surface area contributed by atoms with Crippen molar-refractivity contribution in [3.8, 4) is 0 Å². The monoisotopic (exact) mass is 318 g/mol. The Morgan fingerprint density at radius 1 is 1.19 bits per heavy atom. The standard InChI is InChI=1S/C15H18ClF3N2/c16-12-6-11(15(17,18)19)7-13(8-12)21-5-1-4-20-14(9-21)10-2-3-10/h6-8,10,14,20H,1-5,9H2. The molecule has 1 atom stereocenters. The maximum absolute atomic E-state index is 12.9. The maximum atomic E-state index is 12.9.